The van der Waals surface area contributed by atoms with Crippen molar-refractivity contribution in [2.75, 3.05) is 0 Å². The second kappa shape index (κ2) is 7.38. The Balaban J connectivity index is 1.71. The third-order valence-corrected chi connectivity index (χ3v) is 4.64. The number of para-hydroxylation sites is 1. The number of hydrogen-bond acceptors (Lipinski definition) is 3. The molecule has 4 aromatic rings. The molecule has 0 fully saturated rings. The van der Waals surface area contributed by atoms with Gasteiger partial charge in [-0.15, -0.1) is 0 Å². The van der Waals surface area contributed by atoms with Crippen LogP contribution in [0.1, 0.15) is 21.5 Å². The Labute approximate surface area is 157 Å². The van der Waals surface area contributed by atoms with E-state index in [1.54, 1.807) is 12.4 Å². The van der Waals surface area contributed by atoms with Crippen molar-refractivity contribution in [2.24, 2.45) is 0 Å². The summed E-state index contributed by atoms with van der Waals surface area (Å²) in [7, 11) is 0. The Hall–Kier alpha value is -3.53. The fourth-order valence-electron chi connectivity index (χ4n) is 3.11. The van der Waals surface area contributed by atoms with Crippen LogP contribution in [0.3, 0.4) is 0 Å². The Bertz CT molecular complexity index is 1110. The molecule has 4 rings (SSSR count). The monoisotopic (exact) mass is 353 g/mol. The number of nitrogens with zero attached hydrogens (tertiary/aromatic N) is 2. The number of benzene rings is 2. The average molecular weight is 353 g/mol. The molecule has 0 aliphatic carbocycles. The van der Waals surface area contributed by atoms with E-state index in [0.29, 0.717) is 12.1 Å². The highest BCUT2D eigenvalue weighted by Gasteiger charge is 2.14. The lowest BCUT2D eigenvalue weighted by atomic mass is 10.0. The lowest BCUT2D eigenvalue weighted by Crippen LogP contribution is -2.23. The van der Waals surface area contributed by atoms with Crippen molar-refractivity contribution in [1.82, 2.24) is 15.3 Å². The van der Waals surface area contributed by atoms with Gasteiger partial charge in [-0.25, -0.2) is 4.98 Å². The van der Waals surface area contributed by atoms with Gasteiger partial charge in [0.1, 0.15) is 0 Å². The average Bonchev–Trinajstić information content (AvgIpc) is 2.73. The summed E-state index contributed by atoms with van der Waals surface area (Å²) in [4.78, 5) is 21.7. The van der Waals surface area contributed by atoms with Gasteiger partial charge in [0, 0.05) is 29.9 Å². The molecule has 2 aromatic heterocycles. The van der Waals surface area contributed by atoms with Gasteiger partial charge in [-0.1, -0.05) is 42.5 Å². The Morgan fingerprint density at radius 3 is 2.52 bits per heavy atom. The van der Waals surface area contributed by atoms with E-state index < -0.39 is 0 Å². The van der Waals surface area contributed by atoms with Crippen molar-refractivity contribution in [2.45, 2.75) is 13.5 Å². The Kier molecular flexibility index (Phi) is 4.62. The standard InChI is InChI=1S/C23H19N3O/c1-16-6-2-3-7-18(16)15-25-23(27)20-14-22(17-10-12-24-13-11-17)26-21-9-5-4-8-19(20)21/h2-14H,15H2,1H3,(H,25,27). The smallest absolute Gasteiger partial charge is 0.252 e. The normalized spacial score (nSPS) is 10.7. The van der Waals surface area contributed by atoms with Crippen molar-refractivity contribution in [3.05, 3.63) is 95.8 Å². The summed E-state index contributed by atoms with van der Waals surface area (Å²) in [6, 6.07) is 21.4. The fourth-order valence-corrected chi connectivity index (χ4v) is 3.11. The first kappa shape index (κ1) is 16.9. The number of hydrogen-bond donors (Lipinski definition) is 1. The maximum atomic E-state index is 13.0. The zero-order chi connectivity index (χ0) is 18.6. The molecule has 0 bridgehead atoms. The molecule has 4 nitrogen and oxygen atoms in total. The largest absolute Gasteiger partial charge is 0.348 e. The van der Waals surface area contributed by atoms with Crippen LogP contribution in [-0.2, 0) is 6.54 Å². The molecule has 0 saturated carbocycles. The molecule has 0 saturated heterocycles. The van der Waals surface area contributed by atoms with Gasteiger partial charge >= 0.3 is 0 Å². The third-order valence-electron chi connectivity index (χ3n) is 4.64. The summed E-state index contributed by atoms with van der Waals surface area (Å²) >= 11 is 0. The van der Waals surface area contributed by atoms with E-state index in [0.717, 1.165) is 33.3 Å². The molecule has 27 heavy (non-hydrogen) atoms. The molecule has 0 radical (unpaired) electrons. The summed E-state index contributed by atoms with van der Waals surface area (Å²) in [6.07, 6.45) is 3.45. The van der Waals surface area contributed by atoms with Gasteiger partial charge in [0.05, 0.1) is 16.8 Å². The zero-order valence-corrected chi connectivity index (χ0v) is 15.0. The number of carbonyl (C=O) groups is 1. The highest BCUT2D eigenvalue weighted by atomic mass is 16.1. The van der Waals surface area contributed by atoms with Crippen molar-refractivity contribution in [3.63, 3.8) is 0 Å². The van der Waals surface area contributed by atoms with Crippen LogP contribution in [0.2, 0.25) is 0 Å². The van der Waals surface area contributed by atoms with Crippen LogP contribution in [0.15, 0.2) is 79.1 Å². The van der Waals surface area contributed by atoms with E-state index in [9.17, 15) is 4.79 Å². The molecule has 0 spiro atoms. The predicted molar refractivity (Wildman–Crippen MR) is 107 cm³/mol. The van der Waals surface area contributed by atoms with Gasteiger partial charge < -0.3 is 5.32 Å². The predicted octanol–water partition coefficient (Wildman–Crippen LogP) is 4.54. The summed E-state index contributed by atoms with van der Waals surface area (Å²) in [5, 5.41) is 3.89. The lowest BCUT2D eigenvalue weighted by molar-refractivity contribution is 0.0952. The number of nitrogens with one attached hydrogen (secondary N) is 1. The minimum absolute atomic E-state index is 0.104. The molecule has 0 unspecified atom stereocenters. The summed E-state index contributed by atoms with van der Waals surface area (Å²) in [5.41, 5.74) is 5.39. The molecule has 132 valence electrons. The van der Waals surface area contributed by atoms with Crippen LogP contribution >= 0.6 is 0 Å². The number of carbonyl (C=O) groups excluding carboxylic acids is 1. The van der Waals surface area contributed by atoms with E-state index in [-0.39, 0.29) is 5.91 Å². The molecule has 0 aliphatic heterocycles. The lowest BCUT2D eigenvalue weighted by Gasteiger charge is -2.11. The SMILES string of the molecule is Cc1ccccc1CNC(=O)c1cc(-c2ccncc2)nc2ccccc12. The summed E-state index contributed by atoms with van der Waals surface area (Å²) in [5.74, 6) is -0.104. The number of pyridine rings is 2. The van der Waals surface area contributed by atoms with Crippen LogP contribution < -0.4 is 5.32 Å². The highest BCUT2D eigenvalue weighted by Crippen LogP contribution is 2.24. The van der Waals surface area contributed by atoms with Gasteiger partial charge in [-0.3, -0.25) is 9.78 Å². The topological polar surface area (TPSA) is 54.9 Å². The van der Waals surface area contributed by atoms with E-state index in [2.05, 4.69) is 10.3 Å². The van der Waals surface area contributed by atoms with Crippen LogP contribution in [0, 0.1) is 6.92 Å². The van der Waals surface area contributed by atoms with Gasteiger partial charge in [0.2, 0.25) is 0 Å². The first-order valence-electron chi connectivity index (χ1n) is 8.85. The number of amides is 1. The Morgan fingerprint density at radius 2 is 1.70 bits per heavy atom. The maximum Gasteiger partial charge on any atom is 0.252 e. The maximum absolute atomic E-state index is 13.0. The van der Waals surface area contributed by atoms with E-state index in [4.69, 9.17) is 4.98 Å². The highest BCUT2D eigenvalue weighted by molar-refractivity contribution is 6.07. The first-order chi connectivity index (χ1) is 13.2. The van der Waals surface area contributed by atoms with Crippen LogP contribution in [0.5, 0.6) is 0 Å². The Morgan fingerprint density at radius 1 is 0.963 bits per heavy atom. The quantitative estimate of drug-likeness (QED) is 0.586. The van der Waals surface area contributed by atoms with Crippen molar-refractivity contribution >= 4 is 16.8 Å². The fraction of sp³-hybridized carbons (Fsp3) is 0.0870. The van der Waals surface area contributed by atoms with Gasteiger partial charge in [0.15, 0.2) is 0 Å². The summed E-state index contributed by atoms with van der Waals surface area (Å²) in [6.45, 7) is 2.54. The zero-order valence-electron chi connectivity index (χ0n) is 15.0. The molecule has 0 aliphatic rings. The number of fused-ring (bicyclic) bond motifs is 1. The second-order valence-corrected chi connectivity index (χ2v) is 6.42. The van der Waals surface area contributed by atoms with E-state index in [1.165, 1.54) is 0 Å². The van der Waals surface area contributed by atoms with Gasteiger partial charge in [-0.05, 0) is 42.3 Å². The number of aryl methyl sites for hydroxylation is 1. The van der Waals surface area contributed by atoms with Gasteiger partial charge in [0.25, 0.3) is 5.91 Å². The molecule has 1 N–H and O–H groups in total. The first-order valence-corrected chi connectivity index (χ1v) is 8.85. The van der Waals surface area contributed by atoms with Crippen molar-refractivity contribution in [1.29, 1.82) is 0 Å². The minimum Gasteiger partial charge on any atom is -0.348 e. The molecule has 1 amide bonds. The van der Waals surface area contributed by atoms with Gasteiger partial charge in [-0.2, -0.15) is 0 Å². The molecular weight excluding hydrogens is 334 g/mol. The molecular formula is C23H19N3O. The van der Waals surface area contributed by atoms with Crippen LogP contribution in [-0.4, -0.2) is 15.9 Å². The molecule has 0 atom stereocenters. The van der Waals surface area contributed by atoms with Crippen molar-refractivity contribution < 1.29 is 4.79 Å². The third kappa shape index (κ3) is 3.55. The number of aromatic nitrogens is 2. The summed E-state index contributed by atoms with van der Waals surface area (Å²) < 4.78 is 0. The molecule has 2 aromatic carbocycles. The number of rotatable bonds is 4. The van der Waals surface area contributed by atoms with Crippen molar-refractivity contribution in [3.8, 4) is 11.3 Å². The van der Waals surface area contributed by atoms with E-state index >= 15 is 0 Å². The minimum atomic E-state index is -0.104. The van der Waals surface area contributed by atoms with Crippen LogP contribution in [0.4, 0.5) is 0 Å². The van der Waals surface area contributed by atoms with E-state index in [1.807, 2.05) is 73.7 Å². The molecule has 4 heteroatoms. The van der Waals surface area contributed by atoms with Crippen LogP contribution in [0.25, 0.3) is 22.2 Å². The second-order valence-electron chi connectivity index (χ2n) is 6.42. The molecule has 2 heterocycles.